The van der Waals surface area contributed by atoms with Crippen molar-refractivity contribution in [3.63, 3.8) is 0 Å². The Labute approximate surface area is 99.0 Å². The van der Waals surface area contributed by atoms with Gasteiger partial charge in [0.05, 0.1) is 11.6 Å². The number of hydrogen-bond acceptors (Lipinski definition) is 3. The molecule has 0 atom stereocenters. The molecular formula is C12H15FN2O2. The Hall–Kier alpha value is -1.62. The molecule has 0 aromatic heterocycles. The quantitative estimate of drug-likeness (QED) is 0.825. The van der Waals surface area contributed by atoms with Gasteiger partial charge < -0.3 is 15.3 Å². The molecule has 0 unspecified atom stereocenters. The molecule has 0 bridgehead atoms. The second kappa shape index (κ2) is 4.71. The van der Waals surface area contributed by atoms with E-state index in [1.807, 2.05) is 6.92 Å². The van der Waals surface area contributed by atoms with E-state index in [4.69, 9.17) is 0 Å². The van der Waals surface area contributed by atoms with Gasteiger partial charge in [0, 0.05) is 25.7 Å². The molecule has 5 heteroatoms. The second-order valence-corrected chi connectivity index (χ2v) is 4.06. The SMILES string of the molecule is CCN(C(=O)c1ccc(F)cc1O)C1CNC1. The lowest BCUT2D eigenvalue weighted by Crippen LogP contribution is -2.58. The molecule has 2 rings (SSSR count). The van der Waals surface area contributed by atoms with Crippen LogP contribution in [0.25, 0.3) is 0 Å². The zero-order valence-electron chi connectivity index (χ0n) is 9.61. The zero-order valence-corrected chi connectivity index (χ0v) is 9.61. The van der Waals surface area contributed by atoms with E-state index in [1.54, 1.807) is 4.90 Å². The Balaban J connectivity index is 2.22. The first kappa shape index (κ1) is 11.9. The van der Waals surface area contributed by atoms with Gasteiger partial charge in [0.2, 0.25) is 0 Å². The lowest BCUT2D eigenvalue weighted by atomic mass is 10.1. The maximum absolute atomic E-state index is 12.8. The van der Waals surface area contributed by atoms with Crippen LogP contribution in [0.2, 0.25) is 0 Å². The molecule has 1 aromatic rings. The summed E-state index contributed by atoms with van der Waals surface area (Å²) in [6.07, 6.45) is 0. The summed E-state index contributed by atoms with van der Waals surface area (Å²) < 4.78 is 12.8. The summed E-state index contributed by atoms with van der Waals surface area (Å²) >= 11 is 0. The number of rotatable bonds is 3. The highest BCUT2D eigenvalue weighted by Gasteiger charge is 2.29. The first-order chi connectivity index (χ1) is 8.13. The molecule has 17 heavy (non-hydrogen) atoms. The third-order valence-corrected chi connectivity index (χ3v) is 2.99. The molecule has 0 saturated carbocycles. The largest absolute Gasteiger partial charge is 0.507 e. The number of likely N-dealkylation sites (N-methyl/N-ethyl adjacent to an activating group) is 1. The standard InChI is InChI=1S/C12H15FN2O2/c1-2-15(9-6-14-7-9)12(17)10-4-3-8(13)5-11(10)16/h3-5,9,14,16H,2,6-7H2,1H3. The maximum atomic E-state index is 12.8. The lowest BCUT2D eigenvalue weighted by molar-refractivity contribution is 0.0627. The topological polar surface area (TPSA) is 52.6 Å². The Morgan fingerprint density at radius 3 is 2.76 bits per heavy atom. The zero-order chi connectivity index (χ0) is 12.4. The van der Waals surface area contributed by atoms with Crippen LogP contribution in [0, 0.1) is 5.82 Å². The van der Waals surface area contributed by atoms with E-state index >= 15 is 0 Å². The van der Waals surface area contributed by atoms with E-state index in [0.717, 1.165) is 19.2 Å². The third-order valence-electron chi connectivity index (χ3n) is 2.99. The molecule has 1 saturated heterocycles. The summed E-state index contributed by atoms with van der Waals surface area (Å²) in [7, 11) is 0. The van der Waals surface area contributed by atoms with Crippen LogP contribution in [0.5, 0.6) is 5.75 Å². The average Bonchev–Trinajstić information content (AvgIpc) is 2.22. The summed E-state index contributed by atoms with van der Waals surface area (Å²) in [6, 6.07) is 3.62. The molecule has 1 aliphatic rings. The van der Waals surface area contributed by atoms with Crippen molar-refractivity contribution in [3.05, 3.63) is 29.6 Å². The summed E-state index contributed by atoms with van der Waals surface area (Å²) in [5.74, 6) is -1.11. The lowest BCUT2D eigenvalue weighted by Gasteiger charge is -2.37. The molecule has 1 aliphatic heterocycles. The number of halogens is 1. The maximum Gasteiger partial charge on any atom is 0.257 e. The van der Waals surface area contributed by atoms with Gasteiger partial charge in [-0.05, 0) is 19.1 Å². The smallest absolute Gasteiger partial charge is 0.257 e. The number of phenolic OH excluding ortho intramolecular Hbond substituents is 1. The van der Waals surface area contributed by atoms with Crippen molar-refractivity contribution in [2.45, 2.75) is 13.0 Å². The molecule has 1 amide bonds. The summed E-state index contributed by atoms with van der Waals surface area (Å²) in [5.41, 5.74) is 0.153. The number of carbonyl (C=O) groups excluding carboxylic acids is 1. The highest BCUT2D eigenvalue weighted by molar-refractivity contribution is 5.97. The molecular weight excluding hydrogens is 223 g/mol. The number of nitrogens with one attached hydrogen (secondary N) is 1. The fraction of sp³-hybridized carbons (Fsp3) is 0.417. The van der Waals surface area contributed by atoms with E-state index in [-0.39, 0.29) is 23.3 Å². The fourth-order valence-electron chi connectivity index (χ4n) is 1.90. The number of nitrogens with zero attached hydrogens (tertiary/aromatic N) is 1. The molecule has 0 spiro atoms. The van der Waals surface area contributed by atoms with Crippen LogP contribution in [-0.2, 0) is 0 Å². The van der Waals surface area contributed by atoms with Crippen molar-refractivity contribution in [1.82, 2.24) is 10.2 Å². The molecule has 0 aliphatic carbocycles. The number of amides is 1. The molecule has 92 valence electrons. The number of hydrogen-bond donors (Lipinski definition) is 2. The Morgan fingerprint density at radius 2 is 2.29 bits per heavy atom. The van der Waals surface area contributed by atoms with E-state index < -0.39 is 5.82 Å². The van der Waals surface area contributed by atoms with Crippen molar-refractivity contribution in [2.75, 3.05) is 19.6 Å². The van der Waals surface area contributed by atoms with Crippen molar-refractivity contribution in [1.29, 1.82) is 0 Å². The van der Waals surface area contributed by atoms with Crippen LogP contribution >= 0.6 is 0 Å². The van der Waals surface area contributed by atoms with Gasteiger partial charge >= 0.3 is 0 Å². The molecule has 1 fully saturated rings. The normalized spacial score (nSPS) is 15.4. The molecule has 0 radical (unpaired) electrons. The van der Waals surface area contributed by atoms with Gasteiger partial charge in [-0.2, -0.15) is 0 Å². The number of benzene rings is 1. The van der Waals surface area contributed by atoms with Gasteiger partial charge in [-0.25, -0.2) is 4.39 Å². The van der Waals surface area contributed by atoms with Crippen LogP contribution < -0.4 is 5.32 Å². The number of phenols is 1. The van der Waals surface area contributed by atoms with Gasteiger partial charge in [-0.1, -0.05) is 0 Å². The van der Waals surface area contributed by atoms with Crippen LogP contribution in [-0.4, -0.2) is 41.6 Å². The third kappa shape index (κ3) is 2.24. The van der Waals surface area contributed by atoms with Crippen molar-refractivity contribution < 1.29 is 14.3 Å². The monoisotopic (exact) mass is 238 g/mol. The van der Waals surface area contributed by atoms with Crippen LogP contribution in [0.15, 0.2) is 18.2 Å². The number of aromatic hydroxyl groups is 1. The Bertz CT molecular complexity index is 433. The molecule has 1 heterocycles. The van der Waals surface area contributed by atoms with Gasteiger partial charge in [0.1, 0.15) is 11.6 Å². The Kier molecular flexibility index (Phi) is 3.28. The summed E-state index contributed by atoms with van der Waals surface area (Å²) in [4.78, 5) is 13.8. The summed E-state index contributed by atoms with van der Waals surface area (Å²) in [6.45, 7) is 3.99. The van der Waals surface area contributed by atoms with Crippen molar-refractivity contribution >= 4 is 5.91 Å². The fourth-order valence-corrected chi connectivity index (χ4v) is 1.90. The van der Waals surface area contributed by atoms with Gasteiger partial charge in [-0.3, -0.25) is 4.79 Å². The van der Waals surface area contributed by atoms with E-state index in [1.165, 1.54) is 12.1 Å². The first-order valence-corrected chi connectivity index (χ1v) is 5.63. The van der Waals surface area contributed by atoms with Gasteiger partial charge in [-0.15, -0.1) is 0 Å². The highest BCUT2D eigenvalue weighted by atomic mass is 19.1. The molecule has 4 nitrogen and oxygen atoms in total. The van der Waals surface area contributed by atoms with E-state index in [2.05, 4.69) is 5.32 Å². The second-order valence-electron chi connectivity index (χ2n) is 4.06. The van der Waals surface area contributed by atoms with Gasteiger partial charge in [0.25, 0.3) is 5.91 Å². The first-order valence-electron chi connectivity index (χ1n) is 5.63. The minimum atomic E-state index is -0.549. The van der Waals surface area contributed by atoms with Crippen molar-refractivity contribution in [3.8, 4) is 5.75 Å². The molecule has 2 N–H and O–H groups in total. The average molecular weight is 238 g/mol. The van der Waals surface area contributed by atoms with Crippen LogP contribution in [0.1, 0.15) is 17.3 Å². The van der Waals surface area contributed by atoms with Crippen LogP contribution in [0.4, 0.5) is 4.39 Å². The van der Waals surface area contributed by atoms with Gasteiger partial charge in [0.15, 0.2) is 0 Å². The van der Waals surface area contributed by atoms with Crippen LogP contribution in [0.3, 0.4) is 0 Å². The van der Waals surface area contributed by atoms with E-state index in [0.29, 0.717) is 6.54 Å². The Morgan fingerprint density at radius 1 is 1.59 bits per heavy atom. The summed E-state index contributed by atoms with van der Waals surface area (Å²) in [5, 5.41) is 12.7. The predicted molar refractivity (Wildman–Crippen MR) is 61.4 cm³/mol. The highest BCUT2D eigenvalue weighted by Crippen LogP contribution is 2.21. The molecule has 1 aromatic carbocycles. The van der Waals surface area contributed by atoms with E-state index in [9.17, 15) is 14.3 Å². The number of carbonyl (C=O) groups is 1. The minimum Gasteiger partial charge on any atom is -0.507 e. The minimum absolute atomic E-state index is 0.153. The predicted octanol–water partition coefficient (Wildman–Crippen LogP) is 0.965. The van der Waals surface area contributed by atoms with Crippen molar-refractivity contribution in [2.24, 2.45) is 0 Å².